The Morgan fingerprint density at radius 2 is 0.759 bits per heavy atom. The molecule has 458 valence electrons. The summed E-state index contributed by atoms with van der Waals surface area (Å²) in [7, 11) is 0. The minimum absolute atomic E-state index is 0.0633. The van der Waals surface area contributed by atoms with E-state index in [1.165, 1.54) is 148 Å². The molecule has 0 aromatic heterocycles. The number of rotatable bonds is 56. The summed E-state index contributed by atoms with van der Waals surface area (Å²) in [4.78, 5) is 51.3. The second kappa shape index (κ2) is 55.2. The number of aliphatic carboxylic acids is 1. The van der Waals surface area contributed by atoms with Crippen molar-refractivity contribution in [2.24, 2.45) is 0 Å². The Bertz CT molecular complexity index is 1560. The predicted octanol–water partition coefficient (Wildman–Crippen LogP) is 17.3. The second-order valence-electron chi connectivity index (χ2n) is 22.4. The number of aliphatic hydroxyl groups is 2. The average Bonchev–Trinajstić information content (AvgIpc) is 3.47. The summed E-state index contributed by atoms with van der Waals surface area (Å²) in [6.45, 7) is 5.96. The van der Waals surface area contributed by atoms with Gasteiger partial charge in [-0.2, -0.15) is 0 Å². The average molecular weight is 1120 g/mol. The Hall–Kier alpha value is -3.32. The number of ether oxygens (including phenoxy) is 5. The summed E-state index contributed by atoms with van der Waals surface area (Å²) in [6, 6.07) is 0. The monoisotopic (exact) mass is 1110 g/mol. The molecule has 0 amide bonds. The Labute approximate surface area is 482 Å². The molecular formula is C67H118O12. The normalized spacial score (nSPS) is 18.1. The maximum Gasteiger partial charge on any atom is 0.335 e. The van der Waals surface area contributed by atoms with Crippen LogP contribution in [0.3, 0.4) is 0 Å². The lowest BCUT2D eigenvalue weighted by Gasteiger charge is -2.40. The lowest BCUT2D eigenvalue weighted by molar-refractivity contribution is -0.301. The van der Waals surface area contributed by atoms with E-state index in [-0.39, 0.29) is 25.9 Å². The molecule has 1 saturated heterocycles. The van der Waals surface area contributed by atoms with E-state index in [4.69, 9.17) is 23.7 Å². The van der Waals surface area contributed by atoms with Crippen molar-refractivity contribution in [2.45, 2.75) is 340 Å². The molecule has 6 atom stereocenters. The van der Waals surface area contributed by atoms with Crippen molar-refractivity contribution in [1.82, 2.24) is 0 Å². The predicted molar refractivity (Wildman–Crippen MR) is 322 cm³/mol. The Morgan fingerprint density at radius 3 is 1.16 bits per heavy atom. The minimum atomic E-state index is -1.90. The molecule has 79 heavy (non-hydrogen) atoms. The SMILES string of the molecule is CCCCC/C=C\C/C=C\CCCCCCCCCCCC(=O)OCC(COC1OC(C(=O)O)C(O)C(O)C1OC(=O)CCCCCCCCCCCCC)OC(=O)CCCCCCCCCCC/C=C\C/C=C\CCCCC. The molecule has 1 fully saturated rings. The number of hydrogen-bond acceptors (Lipinski definition) is 11. The fourth-order valence-corrected chi connectivity index (χ4v) is 9.84. The third-order valence-electron chi connectivity index (χ3n) is 14.9. The Balaban J connectivity index is 2.63. The molecule has 0 spiro atoms. The molecule has 1 aliphatic heterocycles. The molecule has 0 aromatic carbocycles. The quantitative estimate of drug-likeness (QED) is 0.0228. The molecular weight excluding hydrogens is 997 g/mol. The fourth-order valence-electron chi connectivity index (χ4n) is 9.84. The molecule has 3 N–H and O–H groups in total. The largest absolute Gasteiger partial charge is 0.479 e. The zero-order valence-corrected chi connectivity index (χ0v) is 50.6. The molecule has 12 heteroatoms. The molecule has 1 heterocycles. The maximum atomic E-state index is 13.2. The molecule has 6 unspecified atom stereocenters. The van der Waals surface area contributed by atoms with Crippen LogP contribution in [0.25, 0.3) is 0 Å². The first-order valence-corrected chi connectivity index (χ1v) is 32.6. The smallest absolute Gasteiger partial charge is 0.335 e. The summed E-state index contributed by atoms with van der Waals surface area (Å²) in [6.07, 6.45) is 55.0. The highest BCUT2D eigenvalue weighted by Crippen LogP contribution is 2.27. The van der Waals surface area contributed by atoms with Gasteiger partial charge in [-0.1, -0.05) is 249 Å². The number of carbonyl (C=O) groups is 4. The van der Waals surface area contributed by atoms with Crippen molar-refractivity contribution in [3.8, 4) is 0 Å². The summed E-state index contributed by atoms with van der Waals surface area (Å²) in [5, 5.41) is 31.5. The van der Waals surface area contributed by atoms with Crippen molar-refractivity contribution < 1.29 is 58.2 Å². The minimum Gasteiger partial charge on any atom is -0.479 e. The zero-order chi connectivity index (χ0) is 57.5. The van der Waals surface area contributed by atoms with Gasteiger partial charge < -0.3 is 39.0 Å². The van der Waals surface area contributed by atoms with Crippen molar-refractivity contribution in [1.29, 1.82) is 0 Å². The highest BCUT2D eigenvalue weighted by molar-refractivity contribution is 5.74. The van der Waals surface area contributed by atoms with Crippen LogP contribution < -0.4 is 0 Å². The van der Waals surface area contributed by atoms with Crippen molar-refractivity contribution in [2.75, 3.05) is 13.2 Å². The molecule has 0 saturated carbocycles. The van der Waals surface area contributed by atoms with Crippen LogP contribution in [0, 0.1) is 0 Å². The molecule has 0 bridgehead atoms. The fraction of sp³-hybridized carbons (Fsp3) is 0.821. The lowest BCUT2D eigenvalue weighted by atomic mass is 9.98. The van der Waals surface area contributed by atoms with Gasteiger partial charge in [0.05, 0.1) is 6.61 Å². The molecule has 0 aliphatic carbocycles. The Morgan fingerprint density at radius 1 is 0.418 bits per heavy atom. The molecule has 1 aliphatic rings. The third kappa shape index (κ3) is 45.0. The van der Waals surface area contributed by atoms with E-state index >= 15 is 0 Å². The highest BCUT2D eigenvalue weighted by atomic mass is 16.7. The molecule has 12 nitrogen and oxygen atoms in total. The number of aliphatic hydroxyl groups excluding tert-OH is 2. The van der Waals surface area contributed by atoms with Gasteiger partial charge in [0.25, 0.3) is 0 Å². The first-order chi connectivity index (χ1) is 38.6. The topological polar surface area (TPSA) is 175 Å². The molecule has 0 radical (unpaired) electrons. The van der Waals surface area contributed by atoms with Crippen LogP contribution in [0.1, 0.15) is 303 Å². The number of carbonyl (C=O) groups excluding carboxylic acids is 3. The van der Waals surface area contributed by atoms with Crippen LogP contribution >= 0.6 is 0 Å². The number of unbranched alkanes of at least 4 members (excludes halogenated alkanes) is 34. The van der Waals surface area contributed by atoms with Crippen molar-refractivity contribution in [3.05, 3.63) is 48.6 Å². The van der Waals surface area contributed by atoms with Crippen molar-refractivity contribution in [3.63, 3.8) is 0 Å². The van der Waals surface area contributed by atoms with Crippen LogP contribution in [-0.2, 0) is 42.9 Å². The van der Waals surface area contributed by atoms with Gasteiger partial charge in [0.15, 0.2) is 24.6 Å². The van der Waals surface area contributed by atoms with Gasteiger partial charge in [0, 0.05) is 19.3 Å². The summed E-state index contributed by atoms with van der Waals surface area (Å²) >= 11 is 0. The summed E-state index contributed by atoms with van der Waals surface area (Å²) in [5.74, 6) is -3.10. The Kier molecular flexibility index (Phi) is 51.5. The van der Waals surface area contributed by atoms with Gasteiger partial charge >= 0.3 is 23.9 Å². The van der Waals surface area contributed by atoms with Gasteiger partial charge in [0.2, 0.25) is 0 Å². The number of esters is 3. The van der Waals surface area contributed by atoms with E-state index in [0.29, 0.717) is 19.3 Å². The first-order valence-electron chi connectivity index (χ1n) is 32.6. The number of allylic oxidation sites excluding steroid dienone is 8. The van der Waals surface area contributed by atoms with Gasteiger partial charge in [0.1, 0.15) is 18.8 Å². The van der Waals surface area contributed by atoms with Crippen LogP contribution in [0.5, 0.6) is 0 Å². The maximum absolute atomic E-state index is 13.2. The number of hydrogen-bond donors (Lipinski definition) is 3. The van der Waals surface area contributed by atoms with E-state index in [1.54, 1.807) is 0 Å². The highest BCUT2D eigenvalue weighted by Gasteiger charge is 2.50. The second-order valence-corrected chi connectivity index (χ2v) is 22.4. The van der Waals surface area contributed by atoms with Gasteiger partial charge in [-0.05, 0) is 83.5 Å². The third-order valence-corrected chi connectivity index (χ3v) is 14.9. The van der Waals surface area contributed by atoms with Gasteiger partial charge in [-0.25, -0.2) is 4.79 Å². The van der Waals surface area contributed by atoms with Gasteiger partial charge in [-0.15, -0.1) is 0 Å². The molecule has 0 aromatic rings. The van der Waals surface area contributed by atoms with E-state index in [0.717, 1.165) is 96.3 Å². The van der Waals surface area contributed by atoms with Crippen LogP contribution in [0.4, 0.5) is 0 Å². The van der Waals surface area contributed by atoms with Crippen LogP contribution in [-0.4, -0.2) is 89.2 Å². The number of carboxylic acid groups (broad SMARTS) is 1. The van der Waals surface area contributed by atoms with E-state index in [9.17, 15) is 34.5 Å². The standard InChI is InChI=1S/C67H118O12/c1-4-7-10-13-16-19-22-24-26-28-30-32-34-36-39-41-44-47-50-53-59(68)75-56-58(77-60(69)54-51-48-45-43-40-37-35-33-31-29-27-25-23-20-17-14-11-8-5-2)57-76-67-65(63(72)62(71)64(79-67)66(73)74)78-61(70)55-52-49-46-42-38-21-18-15-12-9-6-3/h16-17,19-20,24-27,58,62-65,67,71-72H,4-15,18,21-23,28-57H2,1-3H3,(H,73,74)/b19-16-,20-17-,26-24-,27-25-. The van der Waals surface area contributed by atoms with E-state index in [2.05, 4.69) is 69.4 Å². The summed E-state index contributed by atoms with van der Waals surface area (Å²) in [5.41, 5.74) is 0. The van der Waals surface area contributed by atoms with E-state index < -0.39 is 67.3 Å². The molecule has 1 rings (SSSR count). The zero-order valence-electron chi connectivity index (χ0n) is 50.6. The van der Waals surface area contributed by atoms with Gasteiger partial charge in [-0.3, -0.25) is 14.4 Å². The van der Waals surface area contributed by atoms with Crippen molar-refractivity contribution >= 4 is 23.9 Å². The first kappa shape index (κ1) is 73.7. The summed E-state index contributed by atoms with van der Waals surface area (Å²) < 4.78 is 28.5. The van der Waals surface area contributed by atoms with Crippen LogP contribution in [0.15, 0.2) is 48.6 Å². The van der Waals surface area contributed by atoms with Crippen LogP contribution in [0.2, 0.25) is 0 Å². The lowest BCUT2D eigenvalue weighted by Crippen LogP contribution is -2.61. The van der Waals surface area contributed by atoms with E-state index in [1.807, 2.05) is 0 Å². The number of carboxylic acids is 1.